The molecule has 2 bridgehead atoms. The summed E-state index contributed by atoms with van der Waals surface area (Å²) in [7, 11) is 3.55. The van der Waals surface area contributed by atoms with Gasteiger partial charge < -0.3 is 19.9 Å². The molecule has 178 valence electrons. The van der Waals surface area contributed by atoms with Crippen molar-refractivity contribution in [3.63, 3.8) is 0 Å². The molecule has 10 heteroatoms. The average Bonchev–Trinajstić information content (AvgIpc) is 2.79. The minimum absolute atomic E-state index is 0.0202. The van der Waals surface area contributed by atoms with E-state index in [-0.39, 0.29) is 48.1 Å². The van der Waals surface area contributed by atoms with Crippen LogP contribution in [-0.4, -0.2) is 56.0 Å². The quantitative estimate of drug-likeness (QED) is 0.608. The monoisotopic (exact) mass is 468 g/mol. The fourth-order valence-corrected chi connectivity index (χ4v) is 5.00. The second-order valence-corrected chi connectivity index (χ2v) is 9.30. The van der Waals surface area contributed by atoms with Crippen LogP contribution in [0, 0.1) is 0 Å². The number of hydrogen-bond donors (Lipinski definition) is 2. The second-order valence-electron chi connectivity index (χ2n) is 9.30. The van der Waals surface area contributed by atoms with Crippen LogP contribution >= 0.6 is 0 Å². The van der Waals surface area contributed by atoms with Crippen LogP contribution in [0.4, 0.5) is 14.6 Å². The molecule has 34 heavy (non-hydrogen) atoms. The van der Waals surface area contributed by atoms with Crippen LogP contribution < -0.4 is 15.8 Å². The smallest absolute Gasteiger partial charge is 0.251 e. The number of fused-ring (bicyclic) bond motifs is 2. The Bertz CT molecular complexity index is 1250. The lowest BCUT2D eigenvalue weighted by atomic mass is 9.81. The van der Waals surface area contributed by atoms with Crippen LogP contribution in [0.2, 0.25) is 0 Å². The summed E-state index contributed by atoms with van der Waals surface area (Å²) in [5.74, 6) is -1.79. The molecule has 2 saturated heterocycles. The molecule has 0 radical (unpaired) electrons. The van der Waals surface area contributed by atoms with Gasteiger partial charge in [-0.2, -0.15) is 0 Å². The fraction of sp³-hybridized carbons (Fsp3) is 0.417. The first-order chi connectivity index (χ1) is 16.2. The van der Waals surface area contributed by atoms with Crippen molar-refractivity contribution in [1.82, 2.24) is 25.1 Å². The predicted octanol–water partition coefficient (Wildman–Crippen LogP) is 2.96. The van der Waals surface area contributed by atoms with Crippen LogP contribution in [0.25, 0.3) is 22.5 Å². The van der Waals surface area contributed by atoms with Crippen LogP contribution in [-0.2, 0) is 7.05 Å². The van der Waals surface area contributed by atoms with Crippen LogP contribution in [0.1, 0.15) is 25.7 Å². The van der Waals surface area contributed by atoms with Crippen molar-refractivity contribution in [3.05, 3.63) is 53.1 Å². The van der Waals surface area contributed by atoms with Gasteiger partial charge in [0.25, 0.3) is 11.5 Å². The first kappa shape index (κ1) is 22.4. The van der Waals surface area contributed by atoms with Crippen molar-refractivity contribution in [2.24, 2.45) is 7.05 Å². The van der Waals surface area contributed by atoms with Crippen molar-refractivity contribution in [1.29, 1.82) is 0 Å². The maximum Gasteiger partial charge on any atom is 0.251 e. The number of rotatable bonds is 4. The van der Waals surface area contributed by atoms with Gasteiger partial charge in [-0.25, -0.2) is 13.8 Å². The highest BCUT2D eigenvalue weighted by Crippen LogP contribution is 2.38. The highest BCUT2D eigenvalue weighted by Gasteiger charge is 2.45. The van der Waals surface area contributed by atoms with Gasteiger partial charge in [0.15, 0.2) is 11.6 Å². The van der Waals surface area contributed by atoms with Gasteiger partial charge in [-0.05, 0) is 42.2 Å². The van der Waals surface area contributed by atoms with Crippen molar-refractivity contribution in [2.75, 3.05) is 11.9 Å². The van der Waals surface area contributed by atoms with E-state index in [0.717, 1.165) is 0 Å². The normalized spacial score (nSPS) is 23.5. The van der Waals surface area contributed by atoms with E-state index in [0.29, 0.717) is 35.3 Å². The molecule has 0 saturated carbocycles. The van der Waals surface area contributed by atoms with E-state index in [2.05, 4.69) is 20.5 Å². The molecule has 2 fully saturated rings. The van der Waals surface area contributed by atoms with E-state index in [1.165, 1.54) is 10.6 Å². The molecule has 0 spiro atoms. The Labute approximate surface area is 195 Å². The lowest BCUT2D eigenvalue weighted by Gasteiger charge is -2.45. The van der Waals surface area contributed by atoms with E-state index in [1.54, 1.807) is 43.7 Å². The largest absolute Gasteiger partial charge is 0.507 e. The molecule has 2 atom stereocenters. The molecule has 2 aliphatic heterocycles. The number of nitrogens with zero attached hydrogens (tertiary/aromatic N) is 5. The number of anilines is 1. The lowest BCUT2D eigenvalue weighted by Crippen LogP contribution is -2.58. The van der Waals surface area contributed by atoms with Crippen molar-refractivity contribution in [3.8, 4) is 28.3 Å². The number of pyridine rings is 1. The minimum Gasteiger partial charge on any atom is -0.507 e. The third-order valence-corrected chi connectivity index (χ3v) is 6.81. The SMILES string of the molecule is CN(c1cnc(-c2ccc(-c3ccn(C)c(=O)c3)cc2O)nn1)C1C[C@H]2CC(F)(F)C[C@H](C1)N2. The summed E-state index contributed by atoms with van der Waals surface area (Å²) in [6, 6.07) is 8.00. The van der Waals surface area contributed by atoms with Gasteiger partial charge in [-0.15, -0.1) is 10.2 Å². The molecule has 2 aromatic heterocycles. The molecule has 3 aromatic rings. The maximum atomic E-state index is 13.8. The summed E-state index contributed by atoms with van der Waals surface area (Å²) < 4.78 is 29.2. The summed E-state index contributed by atoms with van der Waals surface area (Å²) in [4.78, 5) is 18.2. The zero-order valence-electron chi connectivity index (χ0n) is 18.9. The van der Waals surface area contributed by atoms with Crippen LogP contribution in [0.5, 0.6) is 5.75 Å². The number of nitrogens with one attached hydrogen (secondary N) is 1. The summed E-state index contributed by atoms with van der Waals surface area (Å²) in [6.07, 6.45) is 4.20. The van der Waals surface area contributed by atoms with Gasteiger partial charge in [0.05, 0.1) is 11.8 Å². The van der Waals surface area contributed by atoms with Crippen LogP contribution in [0.3, 0.4) is 0 Å². The topological polar surface area (TPSA) is 96.2 Å². The number of halogens is 2. The highest BCUT2D eigenvalue weighted by molar-refractivity contribution is 5.72. The third kappa shape index (κ3) is 4.37. The Hall–Kier alpha value is -3.40. The molecular formula is C24H26F2N6O2. The van der Waals surface area contributed by atoms with Crippen molar-refractivity contribution in [2.45, 2.75) is 49.7 Å². The summed E-state index contributed by atoms with van der Waals surface area (Å²) >= 11 is 0. The van der Waals surface area contributed by atoms with E-state index in [1.807, 2.05) is 11.9 Å². The number of hydrogen-bond acceptors (Lipinski definition) is 7. The van der Waals surface area contributed by atoms with E-state index in [9.17, 15) is 18.7 Å². The van der Waals surface area contributed by atoms with Gasteiger partial charge in [0, 0.05) is 57.3 Å². The van der Waals surface area contributed by atoms with Crippen LogP contribution in [0.15, 0.2) is 47.5 Å². The number of piperidine rings is 2. The fourth-order valence-electron chi connectivity index (χ4n) is 5.00. The molecule has 5 rings (SSSR count). The molecule has 2 aliphatic rings. The van der Waals surface area contributed by atoms with Crippen molar-refractivity contribution >= 4 is 5.82 Å². The summed E-state index contributed by atoms with van der Waals surface area (Å²) in [5.41, 5.74) is 1.68. The predicted molar refractivity (Wildman–Crippen MR) is 124 cm³/mol. The molecule has 8 nitrogen and oxygen atoms in total. The Morgan fingerprint density at radius 1 is 1.12 bits per heavy atom. The second kappa shape index (κ2) is 8.43. The molecule has 0 amide bonds. The maximum absolute atomic E-state index is 13.8. The average molecular weight is 469 g/mol. The Morgan fingerprint density at radius 3 is 2.44 bits per heavy atom. The first-order valence-electron chi connectivity index (χ1n) is 11.3. The third-order valence-electron chi connectivity index (χ3n) is 6.81. The Morgan fingerprint density at radius 2 is 1.82 bits per heavy atom. The standard InChI is InChI=1S/C24H26F2N6O2/c1-31-6-5-15(8-22(31)34)14-3-4-19(20(33)7-14)23-27-13-21(29-30-23)32(2)18-9-16-11-24(25,26)12-17(10-18)28-16/h3-8,13,16-18,28,33H,9-12H2,1-2H3/t16-,17-/m0/s1. The first-order valence-corrected chi connectivity index (χ1v) is 11.3. The van der Waals surface area contributed by atoms with E-state index in [4.69, 9.17) is 0 Å². The van der Waals surface area contributed by atoms with Gasteiger partial charge in [-0.1, -0.05) is 6.07 Å². The molecule has 2 N–H and O–H groups in total. The number of benzene rings is 1. The number of phenolic OH excluding ortho intramolecular Hbond substituents is 1. The van der Waals surface area contributed by atoms with E-state index >= 15 is 0 Å². The van der Waals surface area contributed by atoms with Gasteiger partial charge >= 0.3 is 0 Å². The Balaban J connectivity index is 1.32. The zero-order valence-corrected chi connectivity index (χ0v) is 18.9. The summed E-state index contributed by atoms with van der Waals surface area (Å²) in [5, 5.41) is 22.4. The number of aromatic nitrogens is 4. The number of alkyl halides is 2. The number of phenols is 1. The zero-order chi connectivity index (χ0) is 24.0. The molecule has 4 heterocycles. The lowest BCUT2D eigenvalue weighted by molar-refractivity contribution is -0.0669. The number of aromatic hydroxyl groups is 1. The molecule has 1 aromatic carbocycles. The van der Waals surface area contributed by atoms with Crippen molar-refractivity contribution < 1.29 is 13.9 Å². The summed E-state index contributed by atoms with van der Waals surface area (Å²) in [6.45, 7) is 0. The van der Waals surface area contributed by atoms with Gasteiger partial charge in [-0.3, -0.25) is 4.79 Å². The van der Waals surface area contributed by atoms with Gasteiger partial charge in [0.2, 0.25) is 0 Å². The minimum atomic E-state index is -2.60. The highest BCUT2D eigenvalue weighted by atomic mass is 19.3. The van der Waals surface area contributed by atoms with E-state index < -0.39 is 5.92 Å². The Kier molecular flexibility index (Phi) is 5.55. The van der Waals surface area contributed by atoms with Gasteiger partial charge in [0.1, 0.15) is 5.75 Å². The molecule has 0 unspecified atom stereocenters. The molecular weight excluding hydrogens is 442 g/mol. The number of aryl methyl sites for hydroxylation is 1. The molecule has 0 aliphatic carbocycles.